The number of oxazole rings is 1. The first-order chi connectivity index (χ1) is 12.7. The smallest absolute Gasteiger partial charge is 0.408 e. The first kappa shape index (κ1) is 16.3. The number of hydrogen-bond donors (Lipinski definition) is 1. The first-order valence-electron chi connectivity index (χ1n) is 8.44. The highest BCUT2D eigenvalue weighted by atomic mass is 16.4. The van der Waals surface area contributed by atoms with Crippen molar-refractivity contribution in [2.24, 2.45) is 7.05 Å². The summed E-state index contributed by atoms with van der Waals surface area (Å²) < 4.78 is 8.71. The number of hydrogen-bond acceptors (Lipinski definition) is 5. The molecule has 0 radical (unpaired) electrons. The molecule has 1 aromatic carbocycles. The highest BCUT2D eigenvalue weighted by molar-refractivity contribution is 5.72. The van der Waals surface area contributed by atoms with E-state index in [0.717, 1.165) is 22.3 Å². The summed E-state index contributed by atoms with van der Waals surface area (Å²) in [5, 5.41) is 7.93. The Balaban J connectivity index is 1.44. The molecule has 3 aromatic heterocycles. The van der Waals surface area contributed by atoms with E-state index >= 15 is 0 Å². The average Bonchev–Trinajstić information content (AvgIpc) is 3.19. The Morgan fingerprint density at radius 3 is 2.81 bits per heavy atom. The van der Waals surface area contributed by atoms with Crippen LogP contribution in [0, 0.1) is 0 Å². The minimum Gasteiger partial charge on any atom is -0.408 e. The number of nitrogens with zero attached hydrogens (tertiary/aromatic N) is 4. The third kappa shape index (κ3) is 3.16. The first-order valence-corrected chi connectivity index (χ1v) is 8.44. The third-order valence-corrected chi connectivity index (χ3v) is 4.26. The Hall–Kier alpha value is -3.19. The van der Waals surface area contributed by atoms with E-state index in [2.05, 4.69) is 15.4 Å². The van der Waals surface area contributed by atoms with Crippen LogP contribution < -0.4 is 11.1 Å². The van der Waals surface area contributed by atoms with Crippen LogP contribution in [0.3, 0.4) is 0 Å². The van der Waals surface area contributed by atoms with Crippen molar-refractivity contribution in [1.82, 2.24) is 24.6 Å². The number of benzene rings is 1. The van der Waals surface area contributed by atoms with Gasteiger partial charge in [0.05, 0.1) is 11.2 Å². The Morgan fingerprint density at radius 1 is 1.15 bits per heavy atom. The molecule has 0 amide bonds. The fourth-order valence-electron chi connectivity index (χ4n) is 3.06. The normalized spacial score (nSPS) is 11.3. The maximum atomic E-state index is 12.0. The van der Waals surface area contributed by atoms with E-state index < -0.39 is 0 Å². The maximum absolute atomic E-state index is 12.0. The maximum Gasteiger partial charge on any atom is 0.419 e. The zero-order chi connectivity index (χ0) is 17.9. The molecule has 4 aromatic rings. The van der Waals surface area contributed by atoms with Crippen molar-refractivity contribution in [2.75, 3.05) is 6.54 Å². The summed E-state index contributed by atoms with van der Waals surface area (Å²) in [5.74, 6) is -0.327. The number of nitrogens with one attached hydrogen (secondary N) is 1. The molecule has 3 heterocycles. The molecule has 4 rings (SSSR count). The summed E-state index contributed by atoms with van der Waals surface area (Å²) in [7, 11) is 1.91. The van der Waals surface area contributed by atoms with E-state index in [1.165, 1.54) is 0 Å². The molecule has 1 N–H and O–H groups in total. The Kier molecular flexibility index (Phi) is 4.37. The largest absolute Gasteiger partial charge is 0.419 e. The molecule has 7 heteroatoms. The predicted molar refractivity (Wildman–Crippen MR) is 98.6 cm³/mol. The van der Waals surface area contributed by atoms with E-state index in [1.54, 1.807) is 27.7 Å². The summed E-state index contributed by atoms with van der Waals surface area (Å²) in [6.45, 7) is 1.85. The van der Waals surface area contributed by atoms with Gasteiger partial charge in [-0.25, -0.2) is 4.79 Å². The Labute approximate surface area is 149 Å². The van der Waals surface area contributed by atoms with Crippen molar-refractivity contribution in [2.45, 2.75) is 13.1 Å². The molecule has 0 aliphatic rings. The van der Waals surface area contributed by atoms with Crippen LogP contribution in [0.15, 0.2) is 64.2 Å². The molecule has 7 nitrogen and oxygen atoms in total. The quantitative estimate of drug-likeness (QED) is 0.540. The second kappa shape index (κ2) is 6.97. The molecular weight excluding hydrogens is 330 g/mol. The van der Waals surface area contributed by atoms with Crippen LogP contribution >= 0.6 is 0 Å². The lowest BCUT2D eigenvalue weighted by Gasteiger charge is -2.06. The van der Waals surface area contributed by atoms with E-state index in [-0.39, 0.29) is 5.76 Å². The highest BCUT2D eigenvalue weighted by Crippen LogP contribution is 2.20. The van der Waals surface area contributed by atoms with Crippen LogP contribution in [0.2, 0.25) is 0 Å². The van der Waals surface area contributed by atoms with Crippen LogP contribution in [-0.4, -0.2) is 25.9 Å². The number of aryl methyl sites for hydroxylation is 1. The van der Waals surface area contributed by atoms with Gasteiger partial charge in [-0.2, -0.15) is 5.10 Å². The van der Waals surface area contributed by atoms with Crippen LogP contribution in [0.4, 0.5) is 0 Å². The van der Waals surface area contributed by atoms with Crippen LogP contribution in [0.5, 0.6) is 0 Å². The summed E-state index contributed by atoms with van der Waals surface area (Å²) >= 11 is 0. The SMILES string of the molecule is Cn1cc(CNCCn2c(=O)oc3ccccc32)c(-c2ccncc2)n1. The van der Waals surface area contributed by atoms with Crippen LogP contribution in [-0.2, 0) is 20.1 Å². The number of pyridine rings is 1. The van der Waals surface area contributed by atoms with Gasteiger partial charge >= 0.3 is 5.76 Å². The van der Waals surface area contributed by atoms with Gasteiger partial charge < -0.3 is 9.73 Å². The van der Waals surface area contributed by atoms with E-state index in [0.29, 0.717) is 25.2 Å². The molecule has 0 bridgehead atoms. The van der Waals surface area contributed by atoms with Crippen molar-refractivity contribution >= 4 is 11.1 Å². The average molecular weight is 349 g/mol. The predicted octanol–water partition coefficient (Wildman–Crippen LogP) is 2.18. The minimum absolute atomic E-state index is 0.327. The highest BCUT2D eigenvalue weighted by Gasteiger charge is 2.11. The van der Waals surface area contributed by atoms with Crippen molar-refractivity contribution < 1.29 is 4.42 Å². The number of fused-ring (bicyclic) bond motifs is 1. The molecule has 0 spiro atoms. The number of aromatic nitrogens is 4. The lowest BCUT2D eigenvalue weighted by molar-refractivity contribution is 0.494. The molecule has 0 atom stereocenters. The van der Waals surface area contributed by atoms with E-state index in [4.69, 9.17) is 4.42 Å². The fourth-order valence-corrected chi connectivity index (χ4v) is 3.06. The lowest BCUT2D eigenvalue weighted by Crippen LogP contribution is -2.24. The van der Waals surface area contributed by atoms with Gasteiger partial charge in [-0.15, -0.1) is 0 Å². The fraction of sp³-hybridized carbons (Fsp3) is 0.211. The molecular formula is C19H19N5O2. The van der Waals surface area contributed by atoms with Gasteiger partial charge in [-0.1, -0.05) is 12.1 Å². The van der Waals surface area contributed by atoms with Gasteiger partial charge in [0, 0.05) is 56.4 Å². The molecule has 132 valence electrons. The van der Waals surface area contributed by atoms with Crippen molar-refractivity contribution in [3.8, 4) is 11.3 Å². The molecule has 26 heavy (non-hydrogen) atoms. The van der Waals surface area contributed by atoms with E-state index in [1.807, 2.05) is 43.6 Å². The van der Waals surface area contributed by atoms with Gasteiger partial charge in [0.15, 0.2) is 5.58 Å². The van der Waals surface area contributed by atoms with Gasteiger partial charge in [-0.3, -0.25) is 14.2 Å². The van der Waals surface area contributed by atoms with Crippen molar-refractivity contribution in [3.63, 3.8) is 0 Å². The topological polar surface area (TPSA) is 77.9 Å². The van der Waals surface area contributed by atoms with Crippen LogP contribution in [0.1, 0.15) is 5.56 Å². The summed E-state index contributed by atoms with van der Waals surface area (Å²) in [4.78, 5) is 16.0. The Bertz CT molecular complexity index is 1080. The Morgan fingerprint density at radius 2 is 1.96 bits per heavy atom. The lowest BCUT2D eigenvalue weighted by atomic mass is 10.1. The van der Waals surface area contributed by atoms with Crippen LogP contribution in [0.25, 0.3) is 22.4 Å². The number of para-hydroxylation sites is 2. The summed E-state index contributed by atoms with van der Waals surface area (Å²) in [5.41, 5.74) is 4.51. The molecule has 0 saturated heterocycles. The minimum atomic E-state index is -0.327. The molecule has 0 fully saturated rings. The number of rotatable bonds is 6. The molecule has 0 unspecified atom stereocenters. The second-order valence-electron chi connectivity index (χ2n) is 6.08. The zero-order valence-electron chi connectivity index (χ0n) is 14.4. The van der Waals surface area contributed by atoms with E-state index in [9.17, 15) is 4.79 Å². The van der Waals surface area contributed by atoms with Crippen molar-refractivity contribution in [1.29, 1.82) is 0 Å². The van der Waals surface area contributed by atoms with Gasteiger partial charge in [-0.05, 0) is 24.3 Å². The van der Waals surface area contributed by atoms with Gasteiger partial charge in [0.25, 0.3) is 0 Å². The summed E-state index contributed by atoms with van der Waals surface area (Å²) in [6, 6.07) is 11.3. The molecule has 0 aliphatic heterocycles. The van der Waals surface area contributed by atoms with Gasteiger partial charge in [0.1, 0.15) is 0 Å². The molecule has 0 aliphatic carbocycles. The van der Waals surface area contributed by atoms with Crippen molar-refractivity contribution in [3.05, 3.63) is 71.1 Å². The zero-order valence-corrected chi connectivity index (χ0v) is 14.4. The third-order valence-electron chi connectivity index (χ3n) is 4.26. The molecule has 0 saturated carbocycles. The standard InChI is InChI=1S/C19H19N5O2/c1-23-13-15(18(22-23)14-6-8-20-9-7-14)12-21-10-11-24-16-4-2-3-5-17(16)26-19(24)25/h2-9,13,21H,10-12H2,1H3. The van der Waals surface area contributed by atoms with Gasteiger partial charge in [0.2, 0.25) is 0 Å². The monoisotopic (exact) mass is 349 g/mol. The summed E-state index contributed by atoms with van der Waals surface area (Å²) in [6.07, 6.45) is 5.53. The second-order valence-corrected chi connectivity index (χ2v) is 6.08.